The zero-order chi connectivity index (χ0) is 15.0. The van der Waals surface area contributed by atoms with Gasteiger partial charge >= 0.3 is 5.97 Å². The molecule has 112 valence electrons. The minimum atomic E-state index is -0.388. The van der Waals surface area contributed by atoms with Gasteiger partial charge < -0.3 is 9.64 Å². The highest BCUT2D eigenvalue weighted by atomic mass is 16.5. The van der Waals surface area contributed by atoms with Crippen LogP contribution >= 0.6 is 0 Å². The first kappa shape index (κ1) is 16.7. The lowest BCUT2D eigenvalue weighted by molar-refractivity contribution is -0.145. The zero-order valence-corrected chi connectivity index (χ0v) is 13.0. The maximum Gasteiger partial charge on any atom is 0.327 e. The lowest BCUT2D eigenvalue weighted by atomic mass is 10.0. The van der Waals surface area contributed by atoms with Gasteiger partial charge in [0.15, 0.2) is 0 Å². The number of aryl methyl sites for hydroxylation is 1. The van der Waals surface area contributed by atoms with Gasteiger partial charge in [0.05, 0.1) is 6.61 Å². The van der Waals surface area contributed by atoms with Gasteiger partial charge in [-0.15, -0.1) is 0 Å². The van der Waals surface area contributed by atoms with E-state index in [1.807, 2.05) is 33.2 Å². The number of hydrogen-bond donors (Lipinski definition) is 1. The summed E-state index contributed by atoms with van der Waals surface area (Å²) in [7, 11) is 4.02. The number of ether oxygens (including phenoxy) is 1. The molecular weight excluding hydrogens is 252 g/mol. The number of hydrogen-bond acceptors (Lipinski definition) is 4. The van der Waals surface area contributed by atoms with E-state index in [9.17, 15) is 4.79 Å². The molecule has 0 radical (unpaired) electrons. The van der Waals surface area contributed by atoms with Gasteiger partial charge in [0.25, 0.3) is 0 Å². The van der Waals surface area contributed by atoms with Crippen molar-refractivity contribution in [1.29, 1.82) is 0 Å². The summed E-state index contributed by atoms with van der Waals surface area (Å²) in [6, 6.07) is 7.75. The highest BCUT2D eigenvalue weighted by Gasteiger charge is 2.21. The molecule has 1 unspecified atom stereocenters. The third kappa shape index (κ3) is 5.31. The van der Waals surface area contributed by atoms with Gasteiger partial charge in [-0.3, -0.25) is 5.32 Å². The lowest BCUT2D eigenvalue weighted by Gasteiger charge is -2.19. The summed E-state index contributed by atoms with van der Waals surface area (Å²) in [4.78, 5) is 14.2. The van der Waals surface area contributed by atoms with E-state index in [1.165, 1.54) is 5.56 Å². The van der Waals surface area contributed by atoms with Crippen LogP contribution in [0.5, 0.6) is 0 Å². The largest absolute Gasteiger partial charge is 0.465 e. The lowest BCUT2D eigenvalue weighted by Crippen LogP contribution is -2.35. The molecule has 1 rings (SSSR count). The van der Waals surface area contributed by atoms with Gasteiger partial charge in [-0.05, 0) is 38.6 Å². The first-order chi connectivity index (χ1) is 9.58. The van der Waals surface area contributed by atoms with Gasteiger partial charge in [-0.25, -0.2) is 4.79 Å². The summed E-state index contributed by atoms with van der Waals surface area (Å²) in [5.41, 5.74) is 2.23. The number of benzene rings is 1. The Labute approximate surface area is 122 Å². The molecule has 1 N–H and O–H groups in total. The molecule has 0 aliphatic rings. The topological polar surface area (TPSA) is 41.6 Å². The summed E-state index contributed by atoms with van der Waals surface area (Å²) < 4.78 is 5.16. The number of carbonyl (C=O) groups excluding carboxylic acids is 1. The summed E-state index contributed by atoms with van der Waals surface area (Å²) in [6.45, 7) is 5.97. The predicted molar refractivity (Wildman–Crippen MR) is 81.8 cm³/mol. The van der Waals surface area contributed by atoms with E-state index in [-0.39, 0.29) is 12.0 Å². The van der Waals surface area contributed by atoms with E-state index in [1.54, 1.807) is 0 Å². The third-order valence-corrected chi connectivity index (χ3v) is 3.15. The number of likely N-dealkylation sites (N-methyl/N-ethyl adjacent to an activating group) is 1. The Hall–Kier alpha value is -1.39. The molecule has 0 aromatic heterocycles. The number of esters is 1. The van der Waals surface area contributed by atoms with Crippen LogP contribution in [0.2, 0.25) is 0 Å². The molecule has 0 amide bonds. The quantitative estimate of drug-likeness (QED) is 0.739. The Kier molecular flexibility index (Phi) is 7.26. The van der Waals surface area contributed by atoms with Crippen molar-refractivity contribution in [2.75, 3.05) is 33.8 Å². The van der Waals surface area contributed by atoms with Crippen molar-refractivity contribution in [2.24, 2.45) is 0 Å². The summed E-state index contributed by atoms with van der Waals surface area (Å²) in [5.74, 6) is -0.212. The molecule has 4 heteroatoms. The molecule has 0 aliphatic carbocycles. The van der Waals surface area contributed by atoms with E-state index < -0.39 is 0 Å². The average molecular weight is 278 g/mol. The minimum absolute atomic E-state index is 0.212. The summed E-state index contributed by atoms with van der Waals surface area (Å²) >= 11 is 0. The Balaban J connectivity index is 2.76. The van der Waals surface area contributed by atoms with Gasteiger partial charge in [0.1, 0.15) is 6.04 Å². The maximum absolute atomic E-state index is 12.1. The molecule has 1 aromatic rings. The van der Waals surface area contributed by atoms with Crippen molar-refractivity contribution in [3.63, 3.8) is 0 Å². The Morgan fingerprint density at radius 1 is 1.25 bits per heavy atom. The molecule has 20 heavy (non-hydrogen) atoms. The molecule has 0 bridgehead atoms. The minimum Gasteiger partial charge on any atom is -0.465 e. The molecule has 1 aromatic carbocycles. The van der Waals surface area contributed by atoms with Crippen molar-refractivity contribution >= 4 is 5.97 Å². The highest BCUT2D eigenvalue weighted by molar-refractivity contribution is 5.77. The Morgan fingerprint density at radius 3 is 2.40 bits per heavy atom. The highest BCUT2D eigenvalue weighted by Crippen LogP contribution is 2.16. The molecule has 1 atom stereocenters. The molecule has 0 heterocycles. The molecule has 4 nitrogen and oxygen atoms in total. The molecule has 0 aliphatic heterocycles. The van der Waals surface area contributed by atoms with Gasteiger partial charge in [-0.2, -0.15) is 0 Å². The number of nitrogens with zero attached hydrogens (tertiary/aromatic N) is 1. The van der Waals surface area contributed by atoms with Crippen LogP contribution in [0.1, 0.15) is 31.0 Å². The fourth-order valence-electron chi connectivity index (χ4n) is 1.94. The summed E-state index contributed by atoms with van der Waals surface area (Å²) in [5, 5.41) is 3.27. The van der Waals surface area contributed by atoms with Crippen molar-refractivity contribution < 1.29 is 9.53 Å². The molecule has 0 fully saturated rings. The van der Waals surface area contributed by atoms with Crippen molar-refractivity contribution in [3.8, 4) is 0 Å². The van der Waals surface area contributed by atoms with Crippen LogP contribution in [0, 0.1) is 0 Å². The second kappa shape index (κ2) is 8.72. The number of carbonyl (C=O) groups is 1. The predicted octanol–water partition coefficient (Wildman–Crippen LogP) is 2.00. The number of nitrogens with one attached hydrogen (secondary N) is 1. The zero-order valence-electron chi connectivity index (χ0n) is 13.0. The Bertz CT molecular complexity index is 401. The van der Waals surface area contributed by atoms with E-state index in [2.05, 4.69) is 29.3 Å². The van der Waals surface area contributed by atoms with Crippen LogP contribution in [-0.2, 0) is 16.0 Å². The first-order valence-electron chi connectivity index (χ1n) is 7.22. The van der Waals surface area contributed by atoms with E-state index in [4.69, 9.17) is 4.74 Å². The molecule has 0 spiro atoms. The van der Waals surface area contributed by atoms with Crippen LogP contribution in [0.3, 0.4) is 0 Å². The smallest absolute Gasteiger partial charge is 0.327 e. The third-order valence-electron chi connectivity index (χ3n) is 3.15. The second-order valence-electron chi connectivity index (χ2n) is 5.04. The normalized spacial score (nSPS) is 12.4. The SMILES string of the molecule is CCOC(=O)C(NCCN(C)C)c1ccc(CC)cc1. The van der Waals surface area contributed by atoms with Gasteiger partial charge in [0, 0.05) is 13.1 Å². The van der Waals surface area contributed by atoms with Crippen molar-refractivity contribution in [3.05, 3.63) is 35.4 Å². The van der Waals surface area contributed by atoms with Crippen molar-refractivity contribution in [2.45, 2.75) is 26.3 Å². The van der Waals surface area contributed by atoms with Crippen molar-refractivity contribution in [1.82, 2.24) is 10.2 Å². The molecule has 0 saturated carbocycles. The van der Waals surface area contributed by atoms with Gasteiger partial charge in [0.2, 0.25) is 0 Å². The summed E-state index contributed by atoms with van der Waals surface area (Å²) in [6.07, 6.45) is 0.998. The van der Waals surface area contributed by atoms with Gasteiger partial charge in [-0.1, -0.05) is 31.2 Å². The maximum atomic E-state index is 12.1. The van der Waals surface area contributed by atoms with Crippen LogP contribution in [0.15, 0.2) is 24.3 Å². The van der Waals surface area contributed by atoms with Crippen LogP contribution in [0.25, 0.3) is 0 Å². The van der Waals surface area contributed by atoms with E-state index in [0.29, 0.717) is 6.61 Å². The molecular formula is C16H26N2O2. The van der Waals surface area contributed by atoms with Crippen LogP contribution in [-0.4, -0.2) is 44.7 Å². The monoisotopic (exact) mass is 278 g/mol. The van der Waals surface area contributed by atoms with Crippen LogP contribution in [0.4, 0.5) is 0 Å². The van der Waals surface area contributed by atoms with E-state index in [0.717, 1.165) is 25.1 Å². The van der Waals surface area contributed by atoms with E-state index >= 15 is 0 Å². The van der Waals surface area contributed by atoms with Crippen LogP contribution < -0.4 is 5.32 Å². The standard InChI is InChI=1S/C16H26N2O2/c1-5-13-7-9-14(10-8-13)15(16(19)20-6-2)17-11-12-18(3)4/h7-10,15,17H,5-6,11-12H2,1-4H3. The average Bonchev–Trinajstić information content (AvgIpc) is 2.44. The Morgan fingerprint density at radius 2 is 1.90 bits per heavy atom. The molecule has 0 saturated heterocycles. The first-order valence-corrected chi connectivity index (χ1v) is 7.22. The number of rotatable bonds is 8. The second-order valence-corrected chi connectivity index (χ2v) is 5.04. The fourth-order valence-corrected chi connectivity index (χ4v) is 1.94. The fraction of sp³-hybridized carbons (Fsp3) is 0.562.